The summed E-state index contributed by atoms with van der Waals surface area (Å²) < 4.78 is 0. The fraction of sp³-hybridized carbons (Fsp3) is 0.667. The SMILES string of the molecule is CC(C)CN(CCN(C)C)Cc1ccc2c(c1)CNCC2. The topological polar surface area (TPSA) is 18.5 Å². The summed E-state index contributed by atoms with van der Waals surface area (Å²) in [6.45, 7) is 11.3. The average molecular weight is 289 g/mol. The second-order valence-electron chi connectivity index (χ2n) is 6.96. The summed E-state index contributed by atoms with van der Waals surface area (Å²) in [5, 5.41) is 3.47. The molecule has 0 fully saturated rings. The van der Waals surface area contributed by atoms with E-state index < -0.39 is 0 Å². The average Bonchev–Trinajstić information content (AvgIpc) is 2.44. The summed E-state index contributed by atoms with van der Waals surface area (Å²) in [4.78, 5) is 4.85. The molecule has 1 aliphatic heterocycles. The Bertz CT molecular complexity index is 440. The van der Waals surface area contributed by atoms with Gasteiger partial charge < -0.3 is 10.2 Å². The van der Waals surface area contributed by atoms with Crippen LogP contribution in [0.3, 0.4) is 0 Å². The van der Waals surface area contributed by atoms with Gasteiger partial charge in [-0.2, -0.15) is 0 Å². The summed E-state index contributed by atoms with van der Waals surface area (Å²) >= 11 is 0. The number of benzene rings is 1. The van der Waals surface area contributed by atoms with E-state index in [4.69, 9.17) is 0 Å². The Labute approximate surface area is 130 Å². The van der Waals surface area contributed by atoms with E-state index in [1.165, 1.54) is 29.7 Å². The Morgan fingerprint density at radius 3 is 2.67 bits per heavy atom. The predicted octanol–water partition coefficient (Wildman–Crippen LogP) is 2.35. The number of likely N-dealkylation sites (N-methyl/N-ethyl adjacent to an activating group) is 1. The highest BCUT2D eigenvalue weighted by Crippen LogP contribution is 2.17. The molecule has 0 spiro atoms. The number of nitrogens with zero attached hydrogens (tertiary/aromatic N) is 2. The quantitative estimate of drug-likeness (QED) is 0.831. The monoisotopic (exact) mass is 289 g/mol. The van der Waals surface area contributed by atoms with Gasteiger partial charge in [-0.3, -0.25) is 4.90 Å². The third kappa shape index (κ3) is 5.42. The van der Waals surface area contributed by atoms with Crippen molar-refractivity contribution in [2.45, 2.75) is 33.4 Å². The lowest BCUT2D eigenvalue weighted by atomic mass is 9.98. The molecule has 1 heterocycles. The van der Waals surface area contributed by atoms with Crippen LogP contribution in [0.15, 0.2) is 18.2 Å². The van der Waals surface area contributed by atoms with E-state index in [9.17, 15) is 0 Å². The molecule has 1 aromatic rings. The highest BCUT2D eigenvalue weighted by atomic mass is 15.2. The third-order valence-electron chi connectivity index (χ3n) is 4.05. The molecule has 1 aromatic carbocycles. The zero-order chi connectivity index (χ0) is 15.2. The molecule has 0 aromatic heterocycles. The molecule has 3 heteroatoms. The summed E-state index contributed by atoms with van der Waals surface area (Å²) in [6, 6.07) is 7.07. The van der Waals surface area contributed by atoms with Crippen LogP contribution in [0.2, 0.25) is 0 Å². The van der Waals surface area contributed by atoms with Crippen molar-refractivity contribution in [3.63, 3.8) is 0 Å². The van der Waals surface area contributed by atoms with Crippen LogP contribution in [0.4, 0.5) is 0 Å². The third-order valence-corrected chi connectivity index (χ3v) is 4.05. The van der Waals surface area contributed by atoms with Gasteiger partial charge in [0, 0.05) is 32.7 Å². The van der Waals surface area contributed by atoms with Gasteiger partial charge in [0.1, 0.15) is 0 Å². The van der Waals surface area contributed by atoms with Crippen molar-refractivity contribution in [3.05, 3.63) is 34.9 Å². The Morgan fingerprint density at radius 1 is 1.14 bits per heavy atom. The van der Waals surface area contributed by atoms with Crippen molar-refractivity contribution < 1.29 is 0 Å². The number of fused-ring (bicyclic) bond motifs is 1. The van der Waals surface area contributed by atoms with Gasteiger partial charge in [-0.1, -0.05) is 32.0 Å². The molecule has 1 N–H and O–H groups in total. The van der Waals surface area contributed by atoms with E-state index in [0.29, 0.717) is 5.92 Å². The van der Waals surface area contributed by atoms with Gasteiger partial charge in [0.25, 0.3) is 0 Å². The molecule has 3 nitrogen and oxygen atoms in total. The maximum Gasteiger partial charge on any atom is 0.0234 e. The summed E-state index contributed by atoms with van der Waals surface area (Å²) in [5.41, 5.74) is 4.48. The Balaban J connectivity index is 2.01. The first-order chi connectivity index (χ1) is 10.0. The fourth-order valence-corrected chi connectivity index (χ4v) is 2.98. The molecule has 0 unspecified atom stereocenters. The highest BCUT2D eigenvalue weighted by molar-refractivity contribution is 5.33. The molecule has 0 aliphatic carbocycles. The van der Waals surface area contributed by atoms with E-state index in [1.54, 1.807) is 0 Å². The second-order valence-corrected chi connectivity index (χ2v) is 6.96. The van der Waals surface area contributed by atoms with Crippen LogP contribution in [0.25, 0.3) is 0 Å². The van der Waals surface area contributed by atoms with Crippen molar-refractivity contribution in [1.29, 1.82) is 0 Å². The minimum Gasteiger partial charge on any atom is -0.312 e. The second kappa shape index (κ2) is 7.92. The van der Waals surface area contributed by atoms with Gasteiger partial charge in [0.05, 0.1) is 0 Å². The van der Waals surface area contributed by atoms with Crippen molar-refractivity contribution in [3.8, 4) is 0 Å². The first-order valence-electron chi connectivity index (χ1n) is 8.23. The van der Waals surface area contributed by atoms with Crippen molar-refractivity contribution >= 4 is 0 Å². The van der Waals surface area contributed by atoms with Crippen molar-refractivity contribution in [2.75, 3.05) is 40.3 Å². The van der Waals surface area contributed by atoms with Crippen molar-refractivity contribution in [2.24, 2.45) is 5.92 Å². The van der Waals surface area contributed by atoms with Crippen LogP contribution in [0.1, 0.15) is 30.5 Å². The molecule has 0 bridgehead atoms. The number of hydrogen-bond acceptors (Lipinski definition) is 3. The predicted molar refractivity (Wildman–Crippen MR) is 90.5 cm³/mol. The molecule has 21 heavy (non-hydrogen) atoms. The number of hydrogen-bond donors (Lipinski definition) is 1. The van der Waals surface area contributed by atoms with E-state index in [1.807, 2.05) is 0 Å². The maximum absolute atomic E-state index is 3.47. The van der Waals surface area contributed by atoms with Crippen LogP contribution in [0.5, 0.6) is 0 Å². The van der Waals surface area contributed by atoms with Crippen LogP contribution >= 0.6 is 0 Å². The van der Waals surface area contributed by atoms with E-state index in [0.717, 1.165) is 32.7 Å². The summed E-state index contributed by atoms with van der Waals surface area (Å²) in [5.74, 6) is 0.714. The van der Waals surface area contributed by atoms with E-state index >= 15 is 0 Å². The summed E-state index contributed by atoms with van der Waals surface area (Å²) in [7, 11) is 4.30. The molecule has 118 valence electrons. The maximum atomic E-state index is 3.47. The molecule has 0 atom stereocenters. The Kier molecular flexibility index (Phi) is 6.22. The van der Waals surface area contributed by atoms with Crippen LogP contribution < -0.4 is 5.32 Å². The molecular formula is C18H31N3. The summed E-state index contributed by atoms with van der Waals surface area (Å²) in [6.07, 6.45) is 1.17. The van der Waals surface area contributed by atoms with Gasteiger partial charge >= 0.3 is 0 Å². The minimum absolute atomic E-state index is 0.714. The first-order valence-corrected chi connectivity index (χ1v) is 8.23. The smallest absolute Gasteiger partial charge is 0.0234 e. The largest absolute Gasteiger partial charge is 0.312 e. The van der Waals surface area contributed by atoms with Gasteiger partial charge in [-0.25, -0.2) is 0 Å². The molecule has 2 rings (SSSR count). The zero-order valence-corrected chi connectivity index (χ0v) is 14.2. The Morgan fingerprint density at radius 2 is 1.95 bits per heavy atom. The number of rotatable bonds is 7. The fourth-order valence-electron chi connectivity index (χ4n) is 2.98. The van der Waals surface area contributed by atoms with E-state index in [2.05, 4.69) is 61.3 Å². The molecule has 0 amide bonds. The van der Waals surface area contributed by atoms with Crippen LogP contribution in [-0.2, 0) is 19.5 Å². The normalized spacial score (nSPS) is 15.0. The lowest BCUT2D eigenvalue weighted by molar-refractivity contribution is 0.211. The number of nitrogens with one attached hydrogen (secondary N) is 1. The highest BCUT2D eigenvalue weighted by Gasteiger charge is 2.12. The molecule has 0 saturated carbocycles. The van der Waals surface area contributed by atoms with Crippen molar-refractivity contribution in [1.82, 2.24) is 15.1 Å². The van der Waals surface area contributed by atoms with Gasteiger partial charge in [0.2, 0.25) is 0 Å². The lowest BCUT2D eigenvalue weighted by Gasteiger charge is -2.26. The lowest BCUT2D eigenvalue weighted by Crippen LogP contribution is -2.34. The first kappa shape index (κ1) is 16.5. The van der Waals surface area contributed by atoms with Crippen LogP contribution in [0, 0.1) is 5.92 Å². The minimum atomic E-state index is 0.714. The van der Waals surface area contributed by atoms with Gasteiger partial charge in [0.15, 0.2) is 0 Å². The van der Waals surface area contributed by atoms with E-state index in [-0.39, 0.29) is 0 Å². The molecule has 1 aliphatic rings. The zero-order valence-electron chi connectivity index (χ0n) is 14.2. The van der Waals surface area contributed by atoms with Crippen LogP contribution in [-0.4, -0.2) is 50.1 Å². The molecule has 0 saturated heterocycles. The Hall–Kier alpha value is -0.900. The standard InChI is InChI=1S/C18H31N3/c1-15(2)13-21(10-9-20(3)4)14-16-5-6-17-7-8-19-12-18(17)11-16/h5-6,11,15,19H,7-10,12-14H2,1-4H3. The molecular weight excluding hydrogens is 258 g/mol. The van der Waals surface area contributed by atoms with Gasteiger partial charge in [-0.15, -0.1) is 0 Å². The molecule has 0 radical (unpaired) electrons. The van der Waals surface area contributed by atoms with Gasteiger partial charge in [-0.05, 0) is 49.7 Å².